The first-order valence-electron chi connectivity index (χ1n) is 6.80. The van der Waals surface area contributed by atoms with E-state index in [2.05, 4.69) is 10.0 Å². The summed E-state index contributed by atoms with van der Waals surface area (Å²) in [5, 5.41) is 20.5. The van der Waals surface area contributed by atoms with Gasteiger partial charge in [0.1, 0.15) is 12.7 Å². The molecule has 25 heavy (non-hydrogen) atoms. The molecule has 1 aliphatic rings. The number of hydrogen-bond acceptors (Lipinski definition) is 10. The first-order valence-corrected chi connectivity index (χ1v) is 7.18. The molecular formula is C12H16ClN3O9. The maximum Gasteiger partial charge on any atom is 0.303 e. The van der Waals surface area contributed by atoms with Crippen LogP contribution in [0.3, 0.4) is 0 Å². The Labute approximate surface area is 146 Å². The van der Waals surface area contributed by atoms with E-state index in [9.17, 15) is 24.6 Å². The fraction of sp³-hybridized carbons (Fsp3) is 0.750. The molecule has 13 heteroatoms. The zero-order valence-electron chi connectivity index (χ0n) is 13.4. The van der Waals surface area contributed by atoms with E-state index in [1.165, 1.54) is 0 Å². The number of alkyl halides is 1. The standard InChI is InChI=1S/C12H16ClN3O9/c1-5(17)22-4-8-9(23-6(2)18)10(24-7(3)19)11(20,15-16-14)12(13,21)25-8/h8-10,20-21H,4H2,1-3H3/t8-,9-,10+,11-,12-/m1/s1. The summed E-state index contributed by atoms with van der Waals surface area (Å²) in [5.41, 5.74) is 5.58. The molecule has 0 saturated carbocycles. The van der Waals surface area contributed by atoms with Gasteiger partial charge in [0.15, 0.2) is 12.2 Å². The van der Waals surface area contributed by atoms with Gasteiger partial charge in [0, 0.05) is 25.7 Å². The van der Waals surface area contributed by atoms with Crippen LogP contribution in [-0.4, -0.2) is 64.0 Å². The van der Waals surface area contributed by atoms with Crippen LogP contribution in [0, 0.1) is 0 Å². The van der Waals surface area contributed by atoms with Crippen molar-refractivity contribution in [1.82, 2.24) is 0 Å². The van der Waals surface area contributed by atoms with Crippen molar-refractivity contribution in [3.05, 3.63) is 10.4 Å². The second-order valence-electron chi connectivity index (χ2n) is 5.04. The van der Waals surface area contributed by atoms with Crippen molar-refractivity contribution in [3.8, 4) is 0 Å². The lowest BCUT2D eigenvalue weighted by molar-refractivity contribution is -0.351. The van der Waals surface area contributed by atoms with E-state index in [0.29, 0.717) is 0 Å². The molecule has 140 valence electrons. The Morgan fingerprint density at radius 1 is 1.20 bits per heavy atom. The van der Waals surface area contributed by atoms with E-state index in [1.54, 1.807) is 0 Å². The van der Waals surface area contributed by atoms with Crippen LogP contribution in [0.15, 0.2) is 5.11 Å². The van der Waals surface area contributed by atoms with Crippen molar-refractivity contribution in [3.63, 3.8) is 0 Å². The summed E-state index contributed by atoms with van der Waals surface area (Å²) in [5.74, 6) is -2.60. The zero-order chi connectivity index (χ0) is 19.4. The van der Waals surface area contributed by atoms with E-state index in [1.807, 2.05) is 0 Å². The number of carbonyl (C=O) groups excluding carboxylic acids is 3. The number of azide groups is 1. The van der Waals surface area contributed by atoms with Crippen LogP contribution in [0.2, 0.25) is 0 Å². The van der Waals surface area contributed by atoms with Crippen LogP contribution in [-0.2, 0) is 33.3 Å². The third kappa shape index (κ3) is 4.71. The number of nitrogens with zero attached hydrogens (tertiary/aromatic N) is 3. The van der Waals surface area contributed by atoms with Gasteiger partial charge < -0.3 is 29.2 Å². The molecule has 1 heterocycles. The van der Waals surface area contributed by atoms with E-state index in [-0.39, 0.29) is 0 Å². The Kier molecular flexibility index (Phi) is 6.57. The number of ether oxygens (including phenoxy) is 4. The fourth-order valence-corrected chi connectivity index (χ4v) is 2.39. The quantitative estimate of drug-likeness (QED) is 0.161. The van der Waals surface area contributed by atoms with Gasteiger partial charge in [-0.25, -0.2) is 0 Å². The maximum absolute atomic E-state index is 11.4. The Balaban J connectivity index is 3.40. The Hall–Kier alpha value is -2.11. The Morgan fingerprint density at radius 3 is 2.20 bits per heavy atom. The SMILES string of the molecule is CC(=O)OC[C@H]1O[C@@](O)(Cl)[C@@](O)(N=[N+]=[N-])[C@@H](OC(C)=O)[C@@H]1OC(C)=O. The molecule has 0 spiro atoms. The molecule has 0 aromatic carbocycles. The molecule has 0 amide bonds. The molecule has 12 nitrogen and oxygen atoms in total. The smallest absolute Gasteiger partial charge is 0.303 e. The summed E-state index contributed by atoms with van der Waals surface area (Å²) >= 11 is 5.69. The van der Waals surface area contributed by atoms with E-state index >= 15 is 0 Å². The highest BCUT2D eigenvalue weighted by molar-refractivity contribution is 6.22. The second-order valence-corrected chi connectivity index (χ2v) is 5.55. The summed E-state index contributed by atoms with van der Waals surface area (Å²) in [6, 6.07) is 0. The van der Waals surface area contributed by atoms with E-state index in [0.717, 1.165) is 20.8 Å². The van der Waals surface area contributed by atoms with Gasteiger partial charge in [0.2, 0.25) is 0 Å². The molecule has 1 aliphatic heterocycles. The number of rotatable bonds is 5. The largest absolute Gasteiger partial charge is 0.463 e. The molecule has 0 radical (unpaired) electrons. The topological polar surface area (TPSA) is 177 Å². The van der Waals surface area contributed by atoms with Crippen LogP contribution < -0.4 is 0 Å². The van der Waals surface area contributed by atoms with Crippen LogP contribution in [0.25, 0.3) is 10.4 Å². The van der Waals surface area contributed by atoms with Gasteiger partial charge in [0.25, 0.3) is 11.0 Å². The molecule has 0 aromatic heterocycles. The van der Waals surface area contributed by atoms with E-state index < -0.39 is 53.8 Å². The minimum absolute atomic E-state index is 0.577. The molecular weight excluding hydrogens is 366 g/mol. The van der Waals surface area contributed by atoms with Gasteiger partial charge in [-0.1, -0.05) is 11.6 Å². The third-order valence-corrected chi connectivity index (χ3v) is 3.43. The van der Waals surface area contributed by atoms with Crippen LogP contribution in [0.5, 0.6) is 0 Å². The number of esters is 3. The molecule has 0 aliphatic carbocycles. The fourth-order valence-electron chi connectivity index (χ4n) is 2.13. The van der Waals surface area contributed by atoms with Gasteiger partial charge in [-0.2, -0.15) is 0 Å². The average Bonchev–Trinajstić information content (AvgIpc) is 2.45. The predicted molar refractivity (Wildman–Crippen MR) is 77.5 cm³/mol. The summed E-state index contributed by atoms with van der Waals surface area (Å²) in [4.78, 5) is 36.0. The van der Waals surface area contributed by atoms with Crippen molar-refractivity contribution in [2.24, 2.45) is 5.11 Å². The molecule has 0 unspecified atom stereocenters. The lowest BCUT2D eigenvalue weighted by Gasteiger charge is -2.49. The minimum Gasteiger partial charge on any atom is -0.463 e. The number of carbonyl (C=O) groups is 3. The van der Waals surface area contributed by atoms with Gasteiger partial charge in [-0.05, 0) is 10.6 Å². The predicted octanol–water partition coefficient (Wildman–Crippen LogP) is -0.305. The molecule has 1 fully saturated rings. The minimum atomic E-state index is -3.08. The number of halogens is 1. The highest BCUT2D eigenvalue weighted by atomic mass is 35.5. The summed E-state index contributed by atoms with van der Waals surface area (Å²) in [7, 11) is 0. The molecule has 2 N–H and O–H groups in total. The van der Waals surface area contributed by atoms with Crippen LogP contribution in [0.1, 0.15) is 20.8 Å². The summed E-state index contributed by atoms with van der Waals surface area (Å²) in [6.45, 7) is 2.45. The third-order valence-electron chi connectivity index (χ3n) is 3.07. The molecule has 0 aromatic rings. The number of aliphatic hydroxyl groups is 2. The van der Waals surface area contributed by atoms with Crippen molar-refractivity contribution >= 4 is 29.5 Å². The van der Waals surface area contributed by atoms with Gasteiger partial charge >= 0.3 is 17.9 Å². The average molecular weight is 382 g/mol. The second kappa shape index (κ2) is 7.85. The molecule has 1 rings (SSSR count). The van der Waals surface area contributed by atoms with Crippen LogP contribution in [0.4, 0.5) is 0 Å². The number of hydrogen-bond donors (Lipinski definition) is 2. The maximum atomic E-state index is 11.4. The van der Waals surface area contributed by atoms with Crippen LogP contribution >= 0.6 is 11.6 Å². The summed E-state index contributed by atoms with van der Waals surface area (Å²) in [6.07, 6.45) is -5.02. The van der Waals surface area contributed by atoms with Gasteiger partial charge in [0.05, 0.1) is 0 Å². The van der Waals surface area contributed by atoms with Crippen molar-refractivity contribution < 1.29 is 43.5 Å². The normalized spacial score (nSPS) is 34.4. The highest BCUT2D eigenvalue weighted by Gasteiger charge is 2.67. The van der Waals surface area contributed by atoms with Crippen molar-refractivity contribution in [2.75, 3.05) is 6.61 Å². The first kappa shape index (κ1) is 20.9. The zero-order valence-corrected chi connectivity index (χ0v) is 14.2. The monoisotopic (exact) mass is 381 g/mol. The lowest BCUT2D eigenvalue weighted by Crippen LogP contribution is -2.71. The lowest BCUT2D eigenvalue weighted by atomic mass is 9.93. The molecule has 5 atom stereocenters. The van der Waals surface area contributed by atoms with Crippen molar-refractivity contribution in [1.29, 1.82) is 0 Å². The molecule has 1 saturated heterocycles. The Bertz CT molecular complexity index is 607. The van der Waals surface area contributed by atoms with Gasteiger partial charge in [-0.15, -0.1) is 0 Å². The molecule has 0 bridgehead atoms. The van der Waals surface area contributed by atoms with Gasteiger partial charge in [-0.3, -0.25) is 14.4 Å². The Morgan fingerprint density at radius 2 is 1.76 bits per heavy atom. The van der Waals surface area contributed by atoms with E-state index in [4.69, 9.17) is 36.1 Å². The van der Waals surface area contributed by atoms with Crippen molar-refractivity contribution in [2.45, 2.75) is 50.1 Å². The first-order chi connectivity index (χ1) is 11.4. The summed E-state index contributed by atoms with van der Waals surface area (Å²) < 4.78 is 19.5. The highest BCUT2D eigenvalue weighted by Crippen LogP contribution is 2.43.